The second kappa shape index (κ2) is 18.7. The van der Waals surface area contributed by atoms with Gasteiger partial charge in [0.15, 0.2) is 0 Å². The molecule has 0 heterocycles. The lowest BCUT2D eigenvalue weighted by Gasteiger charge is -2.01. The first-order valence-electron chi connectivity index (χ1n) is 9.17. The first kappa shape index (κ1) is 19.7. The van der Waals surface area contributed by atoms with Crippen LogP contribution in [0.4, 0.5) is 0 Å². The highest BCUT2D eigenvalue weighted by Crippen LogP contribution is 2.11. The summed E-state index contributed by atoms with van der Waals surface area (Å²) in [5.74, 6) is 0. The van der Waals surface area contributed by atoms with Crippen molar-refractivity contribution < 1.29 is 5.11 Å². The van der Waals surface area contributed by atoms with Crippen LogP contribution in [0.3, 0.4) is 0 Å². The van der Waals surface area contributed by atoms with Crippen LogP contribution >= 0.6 is 0 Å². The van der Waals surface area contributed by atoms with Crippen molar-refractivity contribution in [1.29, 1.82) is 0 Å². The van der Waals surface area contributed by atoms with Gasteiger partial charge < -0.3 is 5.11 Å². The van der Waals surface area contributed by atoms with Gasteiger partial charge in [-0.2, -0.15) is 0 Å². The zero-order valence-electron chi connectivity index (χ0n) is 13.9. The summed E-state index contributed by atoms with van der Waals surface area (Å²) in [4.78, 5) is 0. The normalized spacial score (nSPS) is 11.5. The minimum Gasteiger partial charge on any atom is -0.396 e. The van der Waals surface area contributed by atoms with E-state index in [-0.39, 0.29) is 0 Å². The number of allylic oxidation sites excluding steroid dienone is 2. The minimum atomic E-state index is 0.367. The molecule has 0 saturated carbocycles. The predicted octanol–water partition coefficient (Wildman–Crippen LogP) is 6.41. The maximum atomic E-state index is 8.68. The van der Waals surface area contributed by atoms with Crippen LogP contribution in [0, 0.1) is 0 Å². The molecular formula is C19H38O. The van der Waals surface area contributed by atoms with E-state index in [2.05, 4.69) is 19.1 Å². The molecule has 0 rings (SSSR count). The monoisotopic (exact) mass is 282 g/mol. The van der Waals surface area contributed by atoms with E-state index in [0.29, 0.717) is 6.61 Å². The highest BCUT2D eigenvalue weighted by molar-refractivity contribution is 4.81. The van der Waals surface area contributed by atoms with Gasteiger partial charge in [0.1, 0.15) is 0 Å². The van der Waals surface area contributed by atoms with Gasteiger partial charge in [-0.05, 0) is 32.1 Å². The van der Waals surface area contributed by atoms with Crippen molar-refractivity contribution in [1.82, 2.24) is 0 Å². The molecule has 0 radical (unpaired) electrons. The summed E-state index contributed by atoms with van der Waals surface area (Å²) in [6, 6.07) is 0. The fraction of sp³-hybridized carbons (Fsp3) is 0.895. The first-order chi connectivity index (χ1) is 9.91. The molecule has 0 aromatic rings. The first-order valence-corrected chi connectivity index (χ1v) is 9.17. The van der Waals surface area contributed by atoms with Crippen LogP contribution in [-0.2, 0) is 0 Å². The zero-order valence-corrected chi connectivity index (χ0v) is 13.9. The second-order valence-electron chi connectivity index (χ2n) is 6.02. The van der Waals surface area contributed by atoms with E-state index < -0.39 is 0 Å². The van der Waals surface area contributed by atoms with Crippen molar-refractivity contribution in [3.63, 3.8) is 0 Å². The zero-order chi connectivity index (χ0) is 14.7. The second-order valence-corrected chi connectivity index (χ2v) is 6.02. The molecule has 120 valence electrons. The Balaban J connectivity index is 3.00. The molecule has 0 aliphatic heterocycles. The molecule has 0 spiro atoms. The lowest BCUT2D eigenvalue weighted by atomic mass is 10.1. The lowest BCUT2D eigenvalue weighted by molar-refractivity contribution is 0.282. The lowest BCUT2D eigenvalue weighted by Crippen LogP contribution is -1.84. The molecule has 0 aromatic heterocycles. The number of rotatable bonds is 16. The van der Waals surface area contributed by atoms with Gasteiger partial charge in [0.25, 0.3) is 0 Å². The molecule has 1 N–H and O–H groups in total. The summed E-state index contributed by atoms with van der Waals surface area (Å²) in [6.07, 6.45) is 24.7. The fourth-order valence-electron chi connectivity index (χ4n) is 2.54. The van der Waals surface area contributed by atoms with Gasteiger partial charge in [0, 0.05) is 6.61 Å². The van der Waals surface area contributed by atoms with E-state index in [4.69, 9.17) is 5.11 Å². The van der Waals surface area contributed by atoms with Gasteiger partial charge in [-0.25, -0.2) is 0 Å². The third-order valence-electron chi connectivity index (χ3n) is 3.92. The van der Waals surface area contributed by atoms with Crippen molar-refractivity contribution in [2.75, 3.05) is 6.61 Å². The minimum absolute atomic E-state index is 0.367. The number of aliphatic hydroxyl groups excluding tert-OH is 1. The van der Waals surface area contributed by atoms with E-state index in [0.717, 1.165) is 6.42 Å². The Morgan fingerprint density at radius 1 is 0.550 bits per heavy atom. The van der Waals surface area contributed by atoms with Gasteiger partial charge in [0.05, 0.1) is 0 Å². The number of hydrogen-bond acceptors (Lipinski definition) is 1. The Morgan fingerprint density at radius 3 is 1.40 bits per heavy atom. The quantitative estimate of drug-likeness (QED) is 0.256. The number of aliphatic hydroxyl groups is 1. The van der Waals surface area contributed by atoms with E-state index in [1.165, 1.54) is 89.9 Å². The molecule has 0 saturated heterocycles. The van der Waals surface area contributed by atoms with Gasteiger partial charge in [0.2, 0.25) is 0 Å². The summed E-state index contributed by atoms with van der Waals surface area (Å²) in [6.45, 7) is 2.64. The summed E-state index contributed by atoms with van der Waals surface area (Å²) in [5.41, 5.74) is 0. The van der Waals surface area contributed by atoms with Gasteiger partial charge in [-0.15, -0.1) is 0 Å². The summed E-state index contributed by atoms with van der Waals surface area (Å²) in [5, 5.41) is 8.68. The van der Waals surface area contributed by atoms with Crippen LogP contribution in [0.2, 0.25) is 0 Å². The van der Waals surface area contributed by atoms with E-state index >= 15 is 0 Å². The molecule has 0 amide bonds. The molecule has 0 fully saturated rings. The Kier molecular flexibility index (Phi) is 18.4. The fourth-order valence-corrected chi connectivity index (χ4v) is 2.54. The largest absolute Gasteiger partial charge is 0.396 e. The van der Waals surface area contributed by atoms with Crippen LogP contribution in [0.25, 0.3) is 0 Å². The van der Waals surface area contributed by atoms with Crippen molar-refractivity contribution in [2.45, 2.75) is 103 Å². The molecule has 0 aliphatic carbocycles. The third-order valence-corrected chi connectivity index (χ3v) is 3.92. The molecule has 1 heteroatoms. The Morgan fingerprint density at radius 2 is 0.950 bits per heavy atom. The summed E-state index contributed by atoms with van der Waals surface area (Å²) >= 11 is 0. The van der Waals surface area contributed by atoms with Crippen LogP contribution < -0.4 is 0 Å². The third kappa shape index (κ3) is 17.7. The molecule has 0 aliphatic rings. The van der Waals surface area contributed by atoms with Crippen LogP contribution in [0.1, 0.15) is 103 Å². The average molecular weight is 283 g/mol. The average Bonchev–Trinajstić information content (AvgIpc) is 2.47. The molecule has 1 nitrogen and oxygen atoms in total. The smallest absolute Gasteiger partial charge is 0.0431 e. The summed E-state index contributed by atoms with van der Waals surface area (Å²) in [7, 11) is 0. The highest BCUT2D eigenvalue weighted by Gasteiger charge is 1.92. The van der Waals surface area contributed by atoms with Crippen LogP contribution in [0.5, 0.6) is 0 Å². The van der Waals surface area contributed by atoms with Gasteiger partial charge in [-0.3, -0.25) is 0 Å². The van der Waals surface area contributed by atoms with Crippen LogP contribution in [-0.4, -0.2) is 11.7 Å². The Hall–Kier alpha value is -0.300. The van der Waals surface area contributed by atoms with Crippen molar-refractivity contribution in [3.05, 3.63) is 12.2 Å². The van der Waals surface area contributed by atoms with E-state index in [1.807, 2.05) is 0 Å². The molecule has 0 atom stereocenters. The SMILES string of the molecule is CCCCCC/C=C/CCCCCCCCCCCO. The predicted molar refractivity (Wildman–Crippen MR) is 91.2 cm³/mol. The van der Waals surface area contributed by atoms with Crippen molar-refractivity contribution in [3.8, 4) is 0 Å². The van der Waals surface area contributed by atoms with Gasteiger partial charge in [-0.1, -0.05) is 83.3 Å². The van der Waals surface area contributed by atoms with E-state index in [9.17, 15) is 0 Å². The molecular weight excluding hydrogens is 244 g/mol. The summed E-state index contributed by atoms with van der Waals surface area (Å²) < 4.78 is 0. The molecule has 0 unspecified atom stereocenters. The molecule has 0 bridgehead atoms. The Labute approximate surface area is 127 Å². The molecule has 20 heavy (non-hydrogen) atoms. The number of unbranched alkanes of at least 4 members (excludes halogenated alkanes) is 13. The van der Waals surface area contributed by atoms with Gasteiger partial charge >= 0.3 is 0 Å². The topological polar surface area (TPSA) is 20.2 Å². The van der Waals surface area contributed by atoms with Crippen LogP contribution in [0.15, 0.2) is 12.2 Å². The maximum absolute atomic E-state index is 8.68. The van der Waals surface area contributed by atoms with Crippen molar-refractivity contribution >= 4 is 0 Å². The van der Waals surface area contributed by atoms with Crippen molar-refractivity contribution in [2.24, 2.45) is 0 Å². The van der Waals surface area contributed by atoms with E-state index in [1.54, 1.807) is 0 Å². The standard InChI is InChI=1S/C19H38O/c1-2-3-4-5-6-7-8-9-10-11-12-13-14-15-16-17-18-19-20/h7-8,20H,2-6,9-19H2,1H3/b8-7+. The molecule has 0 aromatic carbocycles. The highest BCUT2D eigenvalue weighted by atomic mass is 16.2. The number of hydrogen-bond donors (Lipinski definition) is 1. The Bertz CT molecular complexity index is 186. The maximum Gasteiger partial charge on any atom is 0.0431 e.